The van der Waals surface area contributed by atoms with Crippen LogP contribution in [0.3, 0.4) is 0 Å². The van der Waals surface area contributed by atoms with Crippen LogP contribution in [0.4, 0.5) is 0 Å². The number of sulfone groups is 1. The second-order valence-electron chi connectivity index (χ2n) is 5.86. The van der Waals surface area contributed by atoms with Gasteiger partial charge in [-0.15, -0.1) is 10.2 Å². The monoisotopic (exact) mass is 345 g/mol. The van der Waals surface area contributed by atoms with Gasteiger partial charge in [0.05, 0.1) is 17.2 Å². The summed E-state index contributed by atoms with van der Waals surface area (Å²) in [7, 11) is -2.90. The molecule has 8 nitrogen and oxygen atoms in total. The molecule has 24 heavy (non-hydrogen) atoms. The third-order valence-corrected chi connectivity index (χ3v) is 5.87. The van der Waals surface area contributed by atoms with Crippen LogP contribution in [0.5, 0.6) is 0 Å². The van der Waals surface area contributed by atoms with Gasteiger partial charge in [-0.2, -0.15) is 5.10 Å². The van der Waals surface area contributed by atoms with Crippen molar-refractivity contribution in [2.24, 2.45) is 5.92 Å². The first-order valence-electron chi connectivity index (χ1n) is 7.57. The van der Waals surface area contributed by atoms with E-state index in [0.717, 1.165) is 11.3 Å². The standard InChI is InChI=1S/C15H15N5O3S/c21-24(22)5-4-11(8-24)6-14-18-19-15(23-14)12-2-1-3-13(7-12)20-10-16-9-17-20/h1-3,7,9-11H,4-6,8H2. The zero-order chi connectivity index (χ0) is 16.6. The molecule has 1 fully saturated rings. The lowest BCUT2D eigenvalue weighted by Crippen LogP contribution is -2.07. The first kappa shape index (κ1) is 15.0. The van der Waals surface area contributed by atoms with E-state index in [1.54, 1.807) is 11.0 Å². The summed E-state index contributed by atoms with van der Waals surface area (Å²) in [4.78, 5) is 3.93. The molecule has 0 spiro atoms. The summed E-state index contributed by atoms with van der Waals surface area (Å²) in [6.45, 7) is 0. The molecule has 0 amide bonds. The van der Waals surface area contributed by atoms with Crippen molar-refractivity contribution in [1.29, 1.82) is 0 Å². The third-order valence-electron chi connectivity index (χ3n) is 4.03. The van der Waals surface area contributed by atoms with Gasteiger partial charge in [0, 0.05) is 12.0 Å². The maximum absolute atomic E-state index is 11.5. The Morgan fingerprint density at radius 3 is 2.96 bits per heavy atom. The van der Waals surface area contributed by atoms with E-state index in [4.69, 9.17) is 4.42 Å². The quantitative estimate of drug-likeness (QED) is 0.702. The van der Waals surface area contributed by atoms with Crippen LogP contribution >= 0.6 is 0 Å². The van der Waals surface area contributed by atoms with E-state index < -0.39 is 9.84 Å². The summed E-state index contributed by atoms with van der Waals surface area (Å²) in [5.41, 5.74) is 1.62. The van der Waals surface area contributed by atoms with Gasteiger partial charge in [-0.1, -0.05) is 6.07 Å². The van der Waals surface area contributed by atoms with E-state index >= 15 is 0 Å². The molecule has 0 aliphatic carbocycles. The summed E-state index contributed by atoms with van der Waals surface area (Å²) in [5, 5.41) is 12.2. The lowest BCUT2D eigenvalue weighted by Gasteiger charge is -2.03. The second-order valence-corrected chi connectivity index (χ2v) is 8.09. The number of hydrogen-bond acceptors (Lipinski definition) is 7. The number of rotatable bonds is 4. The van der Waals surface area contributed by atoms with Crippen molar-refractivity contribution in [1.82, 2.24) is 25.0 Å². The van der Waals surface area contributed by atoms with Gasteiger partial charge in [0.25, 0.3) is 0 Å². The van der Waals surface area contributed by atoms with Gasteiger partial charge < -0.3 is 4.42 Å². The zero-order valence-corrected chi connectivity index (χ0v) is 13.6. The van der Waals surface area contributed by atoms with Gasteiger partial charge in [-0.25, -0.2) is 18.1 Å². The number of hydrogen-bond donors (Lipinski definition) is 0. The fraction of sp³-hybridized carbons (Fsp3) is 0.333. The van der Waals surface area contributed by atoms with Gasteiger partial charge in [-0.3, -0.25) is 0 Å². The van der Waals surface area contributed by atoms with Gasteiger partial charge >= 0.3 is 0 Å². The summed E-state index contributed by atoms with van der Waals surface area (Å²) < 4.78 is 30.4. The lowest BCUT2D eigenvalue weighted by atomic mass is 10.1. The Labute approximate surface area is 138 Å². The molecule has 2 aromatic heterocycles. The molecule has 1 saturated heterocycles. The minimum atomic E-state index is -2.90. The van der Waals surface area contributed by atoms with Crippen molar-refractivity contribution in [2.75, 3.05) is 11.5 Å². The van der Waals surface area contributed by atoms with Crippen LogP contribution in [0.2, 0.25) is 0 Å². The Kier molecular flexibility index (Phi) is 3.64. The molecule has 1 aromatic carbocycles. The van der Waals surface area contributed by atoms with Crippen LogP contribution in [-0.4, -0.2) is 44.9 Å². The van der Waals surface area contributed by atoms with Gasteiger partial charge in [0.1, 0.15) is 12.7 Å². The molecular weight excluding hydrogens is 330 g/mol. The van der Waals surface area contributed by atoms with E-state index in [1.807, 2.05) is 24.3 Å². The molecule has 0 bridgehead atoms. The lowest BCUT2D eigenvalue weighted by molar-refractivity contribution is 0.454. The molecule has 3 aromatic rings. The maximum atomic E-state index is 11.5. The summed E-state index contributed by atoms with van der Waals surface area (Å²) in [6.07, 6.45) is 4.23. The first-order chi connectivity index (χ1) is 11.6. The van der Waals surface area contributed by atoms with E-state index in [2.05, 4.69) is 20.3 Å². The van der Waals surface area contributed by atoms with Crippen molar-refractivity contribution >= 4 is 9.84 Å². The van der Waals surface area contributed by atoms with Crippen molar-refractivity contribution in [3.63, 3.8) is 0 Å². The van der Waals surface area contributed by atoms with Crippen molar-refractivity contribution in [3.05, 3.63) is 42.8 Å². The van der Waals surface area contributed by atoms with Crippen LogP contribution in [0.1, 0.15) is 12.3 Å². The van der Waals surface area contributed by atoms with E-state index in [1.165, 1.54) is 6.33 Å². The molecule has 1 atom stereocenters. The Hall–Kier alpha value is -2.55. The number of aromatic nitrogens is 5. The van der Waals surface area contributed by atoms with E-state index in [0.29, 0.717) is 24.6 Å². The minimum absolute atomic E-state index is 0.0600. The van der Waals surface area contributed by atoms with Crippen molar-refractivity contribution in [2.45, 2.75) is 12.8 Å². The fourth-order valence-electron chi connectivity index (χ4n) is 2.86. The molecule has 3 heterocycles. The van der Waals surface area contributed by atoms with Crippen molar-refractivity contribution in [3.8, 4) is 17.1 Å². The van der Waals surface area contributed by atoms with E-state index in [9.17, 15) is 8.42 Å². The smallest absolute Gasteiger partial charge is 0.247 e. The molecule has 1 aliphatic heterocycles. The van der Waals surface area contributed by atoms with Crippen LogP contribution in [-0.2, 0) is 16.3 Å². The summed E-state index contributed by atoms with van der Waals surface area (Å²) >= 11 is 0. The molecule has 1 unspecified atom stereocenters. The molecule has 4 rings (SSSR count). The van der Waals surface area contributed by atoms with E-state index in [-0.39, 0.29) is 17.4 Å². The van der Waals surface area contributed by atoms with Gasteiger partial charge in [-0.05, 0) is 30.5 Å². The zero-order valence-electron chi connectivity index (χ0n) is 12.7. The molecule has 124 valence electrons. The molecule has 1 aliphatic rings. The Morgan fingerprint density at radius 2 is 2.21 bits per heavy atom. The van der Waals surface area contributed by atoms with Crippen LogP contribution < -0.4 is 0 Å². The number of nitrogens with zero attached hydrogens (tertiary/aromatic N) is 5. The first-order valence-corrected chi connectivity index (χ1v) is 9.39. The highest BCUT2D eigenvalue weighted by molar-refractivity contribution is 7.91. The predicted octanol–water partition coefficient (Wildman–Crippen LogP) is 1.29. The van der Waals surface area contributed by atoms with Crippen molar-refractivity contribution < 1.29 is 12.8 Å². The third kappa shape index (κ3) is 3.07. The molecule has 9 heteroatoms. The molecular formula is C15H15N5O3S. The average molecular weight is 345 g/mol. The summed E-state index contributed by atoms with van der Waals surface area (Å²) in [5.74, 6) is 1.39. The highest BCUT2D eigenvalue weighted by atomic mass is 32.2. The predicted molar refractivity (Wildman–Crippen MR) is 85.1 cm³/mol. The Balaban J connectivity index is 1.54. The van der Waals surface area contributed by atoms with Gasteiger partial charge in [0.15, 0.2) is 9.84 Å². The Morgan fingerprint density at radius 1 is 1.29 bits per heavy atom. The topological polar surface area (TPSA) is 104 Å². The normalized spacial score (nSPS) is 19.6. The second kappa shape index (κ2) is 5.82. The van der Waals surface area contributed by atoms with Gasteiger partial charge in [0.2, 0.25) is 11.8 Å². The number of benzene rings is 1. The fourth-order valence-corrected chi connectivity index (χ4v) is 4.72. The maximum Gasteiger partial charge on any atom is 0.247 e. The highest BCUT2D eigenvalue weighted by Gasteiger charge is 2.29. The van der Waals surface area contributed by atoms with Crippen LogP contribution in [0, 0.1) is 5.92 Å². The highest BCUT2D eigenvalue weighted by Crippen LogP contribution is 2.25. The molecule has 0 N–H and O–H groups in total. The average Bonchev–Trinajstić information content (AvgIpc) is 3.29. The van der Waals surface area contributed by atoms with Crippen LogP contribution in [0.15, 0.2) is 41.3 Å². The Bertz CT molecular complexity index is 949. The minimum Gasteiger partial charge on any atom is -0.421 e. The molecule has 0 radical (unpaired) electrons. The molecule has 0 saturated carbocycles. The summed E-state index contributed by atoms with van der Waals surface area (Å²) in [6, 6.07) is 7.53. The largest absolute Gasteiger partial charge is 0.421 e. The SMILES string of the molecule is O=S1(=O)CCC(Cc2nnc(-c3cccc(-n4cncn4)c3)o2)C1. The van der Waals surface area contributed by atoms with Crippen LogP contribution in [0.25, 0.3) is 17.1 Å².